The van der Waals surface area contributed by atoms with Crippen LogP contribution in [0.5, 0.6) is 0 Å². The molecule has 0 amide bonds. The Labute approximate surface area is 191 Å². The zero-order valence-electron chi connectivity index (χ0n) is 17.6. The first-order valence-electron chi connectivity index (χ1n) is 10.9. The van der Waals surface area contributed by atoms with Crippen molar-refractivity contribution in [2.75, 3.05) is 0 Å². The van der Waals surface area contributed by atoms with Gasteiger partial charge in [0.2, 0.25) is 6.10 Å². The van der Waals surface area contributed by atoms with Crippen molar-refractivity contribution in [1.82, 2.24) is 0 Å². The van der Waals surface area contributed by atoms with Crippen LogP contribution >= 0.6 is 0 Å². The second kappa shape index (κ2) is 7.75. The van der Waals surface area contributed by atoms with Crippen molar-refractivity contribution in [3.8, 4) is 22.3 Å². The van der Waals surface area contributed by atoms with Crippen LogP contribution in [0.15, 0.2) is 97.1 Å². The average Bonchev–Trinajstić information content (AvgIpc) is 3.36. The van der Waals surface area contributed by atoms with Gasteiger partial charge in [-0.15, -0.1) is 0 Å². The summed E-state index contributed by atoms with van der Waals surface area (Å²) in [6, 6.07) is 31.5. The monoisotopic (exact) mass is 431 g/mol. The van der Waals surface area contributed by atoms with Crippen LogP contribution in [0.3, 0.4) is 0 Å². The van der Waals surface area contributed by atoms with Crippen LogP contribution in [0.4, 0.5) is 0 Å². The first kappa shape index (κ1) is 19.5. The van der Waals surface area contributed by atoms with E-state index in [0.717, 1.165) is 44.5 Å². The van der Waals surface area contributed by atoms with Gasteiger partial charge >= 0.3 is 12.4 Å². The summed E-state index contributed by atoms with van der Waals surface area (Å²) >= 11 is 0. The third-order valence-corrected chi connectivity index (χ3v) is 6.60. The van der Waals surface area contributed by atoms with E-state index in [1.54, 1.807) is 0 Å². The van der Waals surface area contributed by atoms with Crippen molar-refractivity contribution in [2.45, 2.75) is 18.1 Å². The van der Waals surface area contributed by atoms with Crippen LogP contribution in [0.25, 0.3) is 22.3 Å². The number of ether oxygens (including phenoxy) is 2. The minimum atomic E-state index is -1.15. The molecule has 33 heavy (non-hydrogen) atoms. The van der Waals surface area contributed by atoms with Gasteiger partial charge in [0.25, 0.3) is 0 Å². The van der Waals surface area contributed by atoms with Crippen molar-refractivity contribution in [3.05, 3.63) is 119 Å². The fraction of sp³-hybridized carbons (Fsp3) is 0.103. The minimum Gasteiger partial charge on any atom is -0.450 e. The summed E-state index contributed by atoms with van der Waals surface area (Å²) in [5.41, 5.74) is 7.86. The molecule has 1 unspecified atom stereocenters. The van der Waals surface area contributed by atoms with E-state index in [9.17, 15) is 9.59 Å². The molecule has 0 heterocycles. The van der Waals surface area contributed by atoms with Crippen molar-refractivity contribution in [2.24, 2.45) is 0 Å². The van der Waals surface area contributed by atoms with Gasteiger partial charge in [0, 0.05) is 11.1 Å². The van der Waals surface area contributed by atoms with Gasteiger partial charge in [-0.3, -0.25) is 0 Å². The Morgan fingerprint density at radius 3 is 1.48 bits per heavy atom. The van der Waals surface area contributed by atoms with E-state index in [1.807, 2.05) is 97.1 Å². The summed E-state index contributed by atoms with van der Waals surface area (Å²) in [4.78, 5) is 25.0. The molecule has 0 fully saturated rings. The molecule has 0 aliphatic heterocycles. The van der Waals surface area contributed by atoms with Gasteiger partial charge in [0.1, 0.15) is 0 Å². The lowest BCUT2D eigenvalue weighted by Crippen LogP contribution is -2.33. The Bertz CT molecular complexity index is 1300. The fourth-order valence-electron chi connectivity index (χ4n) is 5.24. The summed E-state index contributed by atoms with van der Waals surface area (Å²) in [6.07, 6.45) is -1.71. The van der Waals surface area contributed by atoms with Gasteiger partial charge in [-0.25, -0.2) is 9.59 Å². The highest BCUT2D eigenvalue weighted by Gasteiger charge is 2.42. The van der Waals surface area contributed by atoms with E-state index in [4.69, 9.17) is 9.47 Å². The first-order valence-corrected chi connectivity index (χ1v) is 10.9. The molecule has 0 aromatic heterocycles. The average molecular weight is 431 g/mol. The number of rotatable bonds is 5. The highest BCUT2D eigenvalue weighted by molar-refractivity contribution is 5.87. The van der Waals surface area contributed by atoms with Crippen molar-refractivity contribution in [3.63, 3.8) is 0 Å². The molecule has 6 rings (SSSR count). The molecule has 4 heteroatoms. The number of benzene rings is 4. The molecule has 0 saturated carbocycles. The topological polar surface area (TPSA) is 52.6 Å². The van der Waals surface area contributed by atoms with E-state index in [0.29, 0.717) is 0 Å². The molecule has 159 valence electrons. The second-order valence-electron chi connectivity index (χ2n) is 8.27. The van der Waals surface area contributed by atoms with Crippen LogP contribution in [-0.2, 0) is 19.1 Å². The molecule has 4 aromatic carbocycles. The van der Waals surface area contributed by atoms with Crippen molar-refractivity contribution >= 4 is 12.4 Å². The summed E-state index contributed by atoms with van der Waals surface area (Å²) in [5.74, 6) is -1.05. The number of carbonyl (C=O) groups is 1. The Morgan fingerprint density at radius 1 is 0.636 bits per heavy atom. The molecule has 0 bridgehead atoms. The normalized spacial score (nSPS) is 14.5. The fourth-order valence-corrected chi connectivity index (χ4v) is 5.24. The highest BCUT2D eigenvalue weighted by atomic mass is 16.6. The summed E-state index contributed by atoms with van der Waals surface area (Å²) in [7, 11) is 0. The van der Waals surface area contributed by atoms with Gasteiger partial charge in [-0.1, -0.05) is 97.1 Å². The lowest BCUT2D eigenvalue weighted by molar-refractivity contribution is -0.157. The van der Waals surface area contributed by atoms with Gasteiger partial charge in [0.05, 0.1) is 5.92 Å². The molecular formula is C29H19O4. The van der Waals surface area contributed by atoms with Gasteiger partial charge in [0.15, 0.2) is 6.10 Å². The maximum atomic E-state index is 13.6. The largest absolute Gasteiger partial charge is 0.450 e. The maximum absolute atomic E-state index is 13.6. The van der Waals surface area contributed by atoms with E-state index in [2.05, 4.69) is 0 Å². The minimum absolute atomic E-state index is 0.460. The molecule has 2 aliphatic rings. The third kappa shape index (κ3) is 2.99. The van der Waals surface area contributed by atoms with Crippen LogP contribution < -0.4 is 0 Å². The quantitative estimate of drug-likeness (QED) is 0.388. The SMILES string of the molecule is O=[C]OC(C(=O)OC1c2ccccc2-c2ccccc21)C1c2ccccc2-c2ccccc21. The van der Waals surface area contributed by atoms with E-state index < -0.39 is 24.1 Å². The Kier molecular flexibility index (Phi) is 4.58. The van der Waals surface area contributed by atoms with Crippen LogP contribution in [-0.4, -0.2) is 18.5 Å². The van der Waals surface area contributed by atoms with Crippen LogP contribution in [0.1, 0.15) is 34.3 Å². The van der Waals surface area contributed by atoms with E-state index in [-0.39, 0.29) is 0 Å². The van der Waals surface area contributed by atoms with Gasteiger partial charge < -0.3 is 9.47 Å². The predicted octanol–water partition coefficient (Wildman–Crippen LogP) is 5.56. The molecular weight excluding hydrogens is 412 g/mol. The zero-order chi connectivity index (χ0) is 22.4. The van der Waals surface area contributed by atoms with Crippen molar-refractivity contribution in [1.29, 1.82) is 0 Å². The van der Waals surface area contributed by atoms with Gasteiger partial charge in [-0.05, 0) is 33.4 Å². The number of carbonyl (C=O) groups excluding carboxylic acids is 2. The zero-order valence-corrected chi connectivity index (χ0v) is 17.6. The number of hydrogen-bond acceptors (Lipinski definition) is 4. The number of esters is 1. The lowest BCUT2D eigenvalue weighted by atomic mass is 9.91. The Balaban J connectivity index is 1.40. The molecule has 4 nitrogen and oxygen atoms in total. The molecule has 1 atom stereocenters. The maximum Gasteiger partial charge on any atom is 0.418 e. The molecule has 0 N–H and O–H groups in total. The van der Waals surface area contributed by atoms with Crippen molar-refractivity contribution < 1.29 is 19.1 Å². The summed E-state index contributed by atoms with van der Waals surface area (Å²) < 4.78 is 11.4. The smallest absolute Gasteiger partial charge is 0.418 e. The molecule has 0 saturated heterocycles. The molecule has 2 aliphatic carbocycles. The first-order chi connectivity index (χ1) is 16.3. The molecule has 4 aromatic rings. The summed E-state index contributed by atoms with van der Waals surface area (Å²) in [5, 5.41) is 0. The third-order valence-electron chi connectivity index (χ3n) is 6.60. The Hall–Kier alpha value is -4.18. The van der Waals surface area contributed by atoms with Crippen LogP contribution in [0.2, 0.25) is 0 Å². The number of hydrogen-bond donors (Lipinski definition) is 0. The predicted molar refractivity (Wildman–Crippen MR) is 124 cm³/mol. The Morgan fingerprint density at radius 2 is 1.03 bits per heavy atom. The van der Waals surface area contributed by atoms with Gasteiger partial charge in [-0.2, -0.15) is 0 Å². The lowest BCUT2D eigenvalue weighted by Gasteiger charge is -2.24. The van der Waals surface area contributed by atoms with Crippen LogP contribution in [0, 0.1) is 0 Å². The molecule has 1 radical (unpaired) electrons. The summed E-state index contributed by atoms with van der Waals surface area (Å²) in [6.45, 7) is 1.50. The standard InChI is InChI=1S/C29H19O4/c30-17-32-28(26-22-13-5-1-9-18(22)19-10-2-6-14-23(19)26)29(31)33-27-24-15-7-3-11-20(24)21-12-4-8-16-25(21)27/h1-16,26-28H. The highest BCUT2D eigenvalue weighted by Crippen LogP contribution is 2.49. The van der Waals surface area contributed by atoms with E-state index >= 15 is 0 Å². The second-order valence-corrected chi connectivity index (χ2v) is 8.27. The molecule has 0 spiro atoms. The van der Waals surface area contributed by atoms with E-state index in [1.165, 1.54) is 6.47 Å². The number of fused-ring (bicyclic) bond motifs is 6.